The Labute approximate surface area is 90.5 Å². The van der Waals surface area contributed by atoms with Crippen LogP contribution in [-0.4, -0.2) is 24.3 Å². The fraction of sp³-hybridized carbons (Fsp3) is 0.500. The molecule has 15 heavy (non-hydrogen) atoms. The Kier molecular flexibility index (Phi) is 3.23. The number of rotatable bonds is 2. The van der Waals surface area contributed by atoms with Crippen molar-refractivity contribution in [2.45, 2.75) is 25.5 Å². The smallest absolute Gasteiger partial charge is 0.0715 e. The zero-order valence-electron chi connectivity index (χ0n) is 8.89. The van der Waals surface area contributed by atoms with E-state index in [2.05, 4.69) is 17.0 Å². The zero-order chi connectivity index (χ0) is 10.7. The molecule has 0 bridgehead atoms. The normalized spacial score (nSPS) is 21.7. The van der Waals surface area contributed by atoms with Gasteiger partial charge in [-0.15, -0.1) is 0 Å². The second-order valence-electron chi connectivity index (χ2n) is 4.12. The van der Waals surface area contributed by atoms with Gasteiger partial charge in [-0.3, -0.25) is 0 Å². The summed E-state index contributed by atoms with van der Waals surface area (Å²) in [5.41, 5.74) is 7.93. The Bertz CT molecular complexity index is 327. The fourth-order valence-electron chi connectivity index (χ4n) is 2.07. The molecule has 3 heteroatoms. The predicted octanol–water partition coefficient (Wildman–Crippen LogP) is 1.11. The van der Waals surface area contributed by atoms with Gasteiger partial charge in [0.1, 0.15) is 0 Å². The molecule has 3 N–H and O–H groups in total. The van der Waals surface area contributed by atoms with E-state index in [4.69, 9.17) is 5.73 Å². The maximum absolute atomic E-state index is 9.60. The number of piperidine rings is 1. The van der Waals surface area contributed by atoms with E-state index >= 15 is 0 Å². The maximum atomic E-state index is 9.60. The Morgan fingerprint density at radius 3 is 3.07 bits per heavy atom. The summed E-state index contributed by atoms with van der Waals surface area (Å²) in [4.78, 5) is 2.23. The summed E-state index contributed by atoms with van der Waals surface area (Å²) in [6.45, 7) is 2.35. The van der Waals surface area contributed by atoms with E-state index in [0.717, 1.165) is 31.5 Å². The average Bonchev–Trinajstić information content (AvgIpc) is 2.29. The molecule has 1 heterocycles. The molecule has 1 atom stereocenters. The highest BCUT2D eigenvalue weighted by atomic mass is 16.3. The second kappa shape index (κ2) is 4.64. The third-order valence-electron chi connectivity index (χ3n) is 2.91. The predicted molar refractivity (Wildman–Crippen MR) is 61.8 cm³/mol. The Morgan fingerprint density at radius 2 is 2.33 bits per heavy atom. The van der Waals surface area contributed by atoms with Gasteiger partial charge in [-0.25, -0.2) is 0 Å². The van der Waals surface area contributed by atoms with Crippen LogP contribution >= 0.6 is 0 Å². The van der Waals surface area contributed by atoms with Crippen LogP contribution in [0, 0.1) is 0 Å². The summed E-state index contributed by atoms with van der Waals surface area (Å²) in [5, 5.41) is 9.60. The van der Waals surface area contributed by atoms with Gasteiger partial charge in [-0.1, -0.05) is 12.1 Å². The van der Waals surface area contributed by atoms with Gasteiger partial charge in [0.25, 0.3) is 0 Å². The van der Waals surface area contributed by atoms with E-state index in [0.29, 0.717) is 6.54 Å². The summed E-state index contributed by atoms with van der Waals surface area (Å²) in [5.74, 6) is 0. The minimum Gasteiger partial charge on any atom is -0.391 e. The van der Waals surface area contributed by atoms with E-state index < -0.39 is 0 Å². The minimum atomic E-state index is -0.180. The highest BCUT2D eigenvalue weighted by Gasteiger charge is 2.17. The molecule has 82 valence electrons. The van der Waals surface area contributed by atoms with Crippen molar-refractivity contribution < 1.29 is 5.11 Å². The van der Waals surface area contributed by atoms with E-state index in [1.54, 1.807) is 0 Å². The molecule has 2 rings (SSSR count). The molecule has 0 amide bonds. The summed E-state index contributed by atoms with van der Waals surface area (Å²) >= 11 is 0. The third kappa shape index (κ3) is 2.49. The monoisotopic (exact) mass is 206 g/mol. The van der Waals surface area contributed by atoms with Gasteiger partial charge in [-0.05, 0) is 30.5 Å². The lowest BCUT2D eigenvalue weighted by Crippen LogP contribution is -2.38. The molecule has 1 aliphatic rings. The van der Waals surface area contributed by atoms with Crippen LogP contribution in [0.2, 0.25) is 0 Å². The number of nitrogens with zero attached hydrogens (tertiary/aromatic N) is 1. The summed E-state index contributed by atoms with van der Waals surface area (Å²) in [6.07, 6.45) is 1.81. The quantitative estimate of drug-likeness (QED) is 0.762. The first-order chi connectivity index (χ1) is 7.29. The van der Waals surface area contributed by atoms with Gasteiger partial charge in [0.15, 0.2) is 0 Å². The topological polar surface area (TPSA) is 49.5 Å². The van der Waals surface area contributed by atoms with Crippen LogP contribution in [0.5, 0.6) is 0 Å². The average molecular weight is 206 g/mol. The lowest BCUT2D eigenvalue weighted by atomic mass is 10.1. The molecule has 1 unspecified atom stereocenters. The number of β-amino-alcohol motifs (C(OH)–C–C–N with tert-alkyl or cyclic N) is 1. The first-order valence-corrected chi connectivity index (χ1v) is 5.51. The van der Waals surface area contributed by atoms with Crippen molar-refractivity contribution in [2.24, 2.45) is 5.73 Å². The molecule has 0 radical (unpaired) electrons. The highest BCUT2D eigenvalue weighted by Crippen LogP contribution is 2.20. The van der Waals surface area contributed by atoms with Gasteiger partial charge >= 0.3 is 0 Å². The summed E-state index contributed by atoms with van der Waals surface area (Å²) in [7, 11) is 0. The van der Waals surface area contributed by atoms with Crippen molar-refractivity contribution in [1.29, 1.82) is 0 Å². The minimum absolute atomic E-state index is 0.180. The van der Waals surface area contributed by atoms with Crippen LogP contribution in [0.4, 0.5) is 5.69 Å². The number of hydrogen-bond donors (Lipinski definition) is 2. The van der Waals surface area contributed by atoms with Gasteiger partial charge in [0.05, 0.1) is 6.10 Å². The maximum Gasteiger partial charge on any atom is 0.0715 e. The molecule has 1 aromatic carbocycles. The van der Waals surface area contributed by atoms with Crippen molar-refractivity contribution in [3.8, 4) is 0 Å². The molecular formula is C12H18N2O. The van der Waals surface area contributed by atoms with Crippen LogP contribution < -0.4 is 10.6 Å². The number of hydrogen-bond acceptors (Lipinski definition) is 3. The van der Waals surface area contributed by atoms with E-state index in [1.807, 2.05) is 12.1 Å². The first kappa shape index (κ1) is 10.5. The zero-order valence-corrected chi connectivity index (χ0v) is 8.89. The van der Waals surface area contributed by atoms with Gasteiger partial charge in [0, 0.05) is 25.3 Å². The summed E-state index contributed by atoms with van der Waals surface area (Å²) in [6, 6.07) is 8.25. The van der Waals surface area contributed by atoms with Crippen molar-refractivity contribution >= 4 is 5.69 Å². The highest BCUT2D eigenvalue weighted by molar-refractivity contribution is 5.49. The number of anilines is 1. The Balaban J connectivity index is 2.13. The van der Waals surface area contributed by atoms with Gasteiger partial charge in [-0.2, -0.15) is 0 Å². The van der Waals surface area contributed by atoms with Crippen LogP contribution in [0.3, 0.4) is 0 Å². The Hall–Kier alpha value is -1.06. The molecule has 3 nitrogen and oxygen atoms in total. The Morgan fingerprint density at radius 1 is 1.47 bits per heavy atom. The van der Waals surface area contributed by atoms with Crippen molar-refractivity contribution in [2.75, 3.05) is 18.0 Å². The van der Waals surface area contributed by atoms with Crippen LogP contribution in [-0.2, 0) is 6.54 Å². The van der Waals surface area contributed by atoms with E-state index in [9.17, 15) is 5.11 Å². The molecule has 1 aliphatic heterocycles. The molecule has 0 aliphatic carbocycles. The van der Waals surface area contributed by atoms with Gasteiger partial charge < -0.3 is 15.7 Å². The van der Waals surface area contributed by atoms with E-state index in [-0.39, 0.29) is 6.10 Å². The first-order valence-electron chi connectivity index (χ1n) is 5.51. The summed E-state index contributed by atoms with van der Waals surface area (Å²) < 4.78 is 0. The number of aliphatic hydroxyl groups excluding tert-OH is 1. The van der Waals surface area contributed by atoms with Crippen LogP contribution in [0.1, 0.15) is 18.4 Å². The SMILES string of the molecule is NCc1cccc(N2CCCC(O)C2)c1. The number of aliphatic hydroxyl groups is 1. The lowest BCUT2D eigenvalue weighted by Gasteiger charge is -2.32. The number of benzene rings is 1. The fourth-order valence-corrected chi connectivity index (χ4v) is 2.07. The molecular weight excluding hydrogens is 188 g/mol. The van der Waals surface area contributed by atoms with Crippen molar-refractivity contribution in [3.63, 3.8) is 0 Å². The van der Waals surface area contributed by atoms with Crippen LogP contribution in [0.25, 0.3) is 0 Å². The molecule has 0 spiro atoms. The molecule has 1 fully saturated rings. The largest absolute Gasteiger partial charge is 0.391 e. The molecule has 1 aromatic rings. The molecule has 0 saturated carbocycles. The standard InChI is InChI=1S/C12H18N2O/c13-8-10-3-1-4-11(7-10)14-6-2-5-12(15)9-14/h1,3-4,7,12,15H,2,5-6,8-9,13H2. The van der Waals surface area contributed by atoms with Crippen molar-refractivity contribution in [1.82, 2.24) is 0 Å². The second-order valence-corrected chi connectivity index (χ2v) is 4.12. The van der Waals surface area contributed by atoms with Crippen LogP contribution in [0.15, 0.2) is 24.3 Å². The van der Waals surface area contributed by atoms with Gasteiger partial charge in [0.2, 0.25) is 0 Å². The lowest BCUT2D eigenvalue weighted by molar-refractivity contribution is 0.154. The van der Waals surface area contributed by atoms with E-state index in [1.165, 1.54) is 5.69 Å². The van der Waals surface area contributed by atoms with Crippen molar-refractivity contribution in [3.05, 3.63) is 29.8 Å². The molecule has 1 saturated heterocycles. The third-order valence-corrected chi connectivity index (χ3v) is 2.91. The number of nitrogens with two attached hydrogens (primary N) is 1. The molecule has 0 aromatic heterocycles.